The highest BCUT2D eigenvalue weighted by Crippen LogP contribution is 2.33. The standard InChI is InChI=1S/C14H20N2O2.2ClH/c1-4-14(11-16-5-1)8-13(10-18-14)17-9-12-2-6-15-7-3-12;;/h2-3,6-7,13,16H,1,4-5,8-11H2;2*1H/t13-,14+;;/m0../s1. The molecule has 3 rings (SSSR count). The van der Waals surface area contributed by atoms with Gasteiger partial charge in [0.2, 0.25) is 0 Å². The third-order valence-electron chi connectivity index (χ3n) is 3.84. The van der Waals surface area contributed by atoms with Crippen molar-refractivity contribution < 1.29 is 9.47 Å². The van der Waals surface area contributed by atoms with E-state index < -0.39 is 0 Å². The predicted octanol–water partition coefficient (Wildman–Crippen LogP) is 2.35. The van der Waals surface area contributed by atoms with Crippen LogP contribution in [0, 0.1) is 0 Å². The summed E-state index contributed by atoms with van der Waals surface area (Å²) in [5.74, 6) is 0. The molecule has 0 bridgehead atoms. The first kappa shape index (κ1) is 17.7. The van der Waals surface area contributed by atoms with E-state index in [1.54, 1.807) is 12.4 Å². The molecule has 20 heavy (non-hydrogen) atoms. The summed E-state index contributed by atoms with van der Waals surface area (Å²) in [5, 5.41) is 3.42. The summed E-state index contributed by atoms with van der Waals surface area (Å²) in [6.45, 7) is 3.47. The van der Waals surface area contributed by atoms with Crippen molar-refractivity contribution in [3.05, 3.63) is 30.1 Å². The van der Waals surface area contributed by atoms with E-state index in [4.69, 9.17) is 9.47 Å². The first-order valence-corrected chi connectivity index (χ1v) is 6.72. The molecule has 0 aromatic carbocycles. The molecule has 6 heteroatoms. The van der Waals surface area contributed by atoms with Crippen molar-refractivity contribution in [1.82, 2.24) is 10.3 Å². The molecule has 2 aliphatic rings. The minimum Gasteiger partial charge on any atom is -0.371 e. The minimum absolute atomic E-state index is 0. The maximum absolute atomic E-state index is 5.98. The lowest BCUT2D eigenvalue weighted by atomic mass is 9.90. The van der Waals surface area contributed by atoms with Gasteiger partial charge < -0.3 is 14.8 Å². The number of aromatic nitrogens is 1. The van der Waals surface area contributed by atoms with Gasteiger partial charge in [-0.1, -0.05) is 0 Å². The molecule has 2 atom stereocenters. The number of piperidine rings is 1. The van der Waals surface area contributed by atoms with Crippen molar-refractivity contribution in [2.45, 2.75) is 37.6 Å². The van der Waals surface area contributed by atoms with E-state index >= 15 is 0 Å². The molecule has 3 heterocycles. The third-order valence-corrected chi connectivity index (χ3v) is 3.84. The van der Waals surface area contributed by atoms with Crippen molar-refractivity contribution in [2.75, 3.05) is 19.7 Å². The van der Waals surface area contributed by atoms with Crippen molar-refractivity contribution >= 4 is 24.8 Å². The fraction of sp³-hybridized carbons (Fsp3) is 0.643. The van der Waals surface area contributed by atoms with Crippen LogP contribution >= 0.6 is 24.8 Å². The Morgan fingerprint density at radius 2 is 2.15 bits per heavy atom. The van der Waals surface area contributed by atoms with E-state index in [1.807, 2.05) is 12.1 Å². The highest BCUT2D eigenvalue weighted by atomic mass is 35.5. The van der Waals surface area contributed by atoms with Crippen molar-refractivity contribution in [3.63, 3.8) is 0 Å². The van der Waals surface area contributed by atoms with E-state index in [0.29, 0.717) is 6.61 Å². The first-order valence-electron chi connectivity index (χ1n) is 6.72. The maximum atomic E-state index is 5.98. The molecule has 1 aromatic rings. The van der Waals surface area contributed by atoms with Crippen LogP contribution in [0.15, 0.2) is 24.5 Å². The van der Waals surface area contributed by atoms with Crippen LogP contribution in [-0.2, 0) is 16.1 Å². The van der Waals surface area contributed by atoms with Gasteiger partial charge in [0.05, 0.1) is 24.9 Å². The van der Waals surface area contributed by atoms with Crippen molar-refractivity contribution in [3.8, 4) is 0 Å². The summed E-state index contributed by atoms with van der Waals surface area (Å²) in [7, 11) is 0. The van der Waals surface area contributed by atoms with E-state index in [0.717, 1.165) is 32.5 Å². The van der Waals surface area contributed by atoms with Crippen LogP contribution in [-0.4, -0.2) is 36.4 Å². The lowest BCUT2D eigenvalue weighted by molar-refractivity contribution is -0.0195. The van der Waals surface area contributed by atoms with Crippen LogP contribution in [0.2, 0.25) is 0 Å². The van der Waals surface area contributed by atoms with Crippen LogP contribution in [0.3, 0.4) is 0 Å². The molecule has 0 aliphatic carbocycles. The molecule has 2 saturated heterocycles. The molecule has 0 radical (unpaired) electrons. The monoisotopic (exact) mass is 320 g/mol. The number of ether oxygens (including phenoxy) is 2. The Morgan fingerprint density at radius 1 is 1.35 bits per heavy atom. The lowest BCUT2D eigenvalue weighted by Gasteiger charge is -2.32. The highest BCUT2D eigenvalue weighted by Gasteiger charge is 2.41. The van der Waals surface area contributed by atoms with Crippen molar-refractivity contribution in [2.24, 2.45) is 0 Å². The number of pyridine rings is 1. The Hall–Kier alpha value is -0.390. The molecule has 0 amide bonds. The number of halogens is 2. The Labute approximate surface area is 132 Å². The smallest absolute Gasteiger partial charge is 0.0841 e. The second kappa shape index (κ2) is 8.15. The van der Waals surface area contributed by atoms with Gasteiger partial charge >= 0.3 is 0 Å². The van der Waals surface area contributed by atoms with Crippen LogP contribution in [0.4, 0.5) is 0 Å². The number of nitrogens with zero attached hydrogens (tertiary/aromatic N) is 1. The van der Waals surface area contributed by atoms with Gasteiger partial charge in [0.1, 0.15) is 0 Å². The Morgan fingerprint density at radius 3 is 2.85 bits per heavy atom. The zero-order valence-corrected chi connectivity index (χ0v) is 13.0. The Bertz CT molecular complexity index is 386. The van der Waals surface area contributed by atoms with Gasteiger partial charge in [-0.2, -0.15) is 0 Å². The molecule has 1 aromatic heterocycles. The molecule has 0 unspecified atom stereocenters. The molecular weight excluding hydrogens is 299 g/mol. The van der Waals surface area contributed by atoms with E-state index in [9.17, 15) is 0 Å². The quantitative estimate of drug-likeness (QED) is 0.928. The van der Waals surface area contributed by atoms with E-state index in [2.05, 4.69) is 10.3 Å². The maximum Gasteiger partial charge on any atom is 0.0841 e. The average Bonchev–Trinajstić information content (AvgIpc) is 2.82. The summed E-state index contributed by atoms with van der Waals surface area (Å²) in [6, 6.07) is 3.99. The summed E-state index contributed by atoms with van der Waals surface area (Å²) in [5.41, 5.74) is 1.22. The van der Waals surface area contributed by atoms with Gasteiger partial charge in [-0.15, -0.1) is 24.8 Å². The normalized spacial score (nSPS) is 28.7. The van der Waals surface area contributed by atoms with Crippen molar-refractivity contribution in [1.29, 1.82) is 0 Å². The SMILES string of the molecule is Cl.Cl.c1cc(CO[C@@H]2CO[C@]3(CCCNC3)C2)ccn1. The summed E-state index contributed by atoms with van der Waals surface area (Å²) < 4.78 is 11.9. The first-order chi connectivity index (χ1) is 8.86. The molecular formula is C14H22Cl2N2O2. The number of hydrogen-bond acceptors (Lipinski definition) is 4. The fourth-order valence-corrected chi connectivity index (χ4v) is 2.84. The van der Waals surface area contributed by atoms with Gasteiger partial charge in [0, 0.05) is 25.4 Å². The fourth-order valence-electron chi connectivity index (χ4n) is 2.84. The van der Waals surface area contributed by atoms with Crippen LogP contribution in [0.5, 0.6) is 0 Å². The van der Waals surface area contributed by atoms with Crippen LogP contribution in [0.25, 0.3) is 0 Å². The second-order valence-corrected chi connectivity index (χ2v) is 5.27. The van der Waals surface area contributed by atoms with Crippen LogP contribution in [0.1, 0.15) is 24.8 Å². The van der Waals surface area contributed by atoms with E-state index in [1.165, 1.54) is 12.0 Å². The van der Waals surface area contributed by atoms with Gasteiger partial charge in [0.25, 0.3) is 0 Å². The molecule has 114 valence electrons. The van der Waals surface area contributed by atoms with Gasteiger partial charge in [0.15, 0.2) is 0 Å². The molecule has 4 nitrogen and oxygen atoms in total. The highest BCUT2D eigenvalue weighted by molar-refractivity contribution is 5.85. The Balaban J connectivity index is 0.000001000. The summed E-state index contributed by atoms with van der Waals surface area (Å²) in [6.07, 6.45) is 7.22. The number of hydrogen-bond donors (Lipinski definition) is 1. The average molecular weight is 321 g/mol. The molecule has 2 aliphatic heterocycles. The van der Waals surface area contributed by atoms with Gasteiger partial charge in [-0.05, 0) is 37.1 Å². The molecule has 1 N–H and O–H groups in total. The largest absolute Gasteiger partial charge is 0.371 e. The van der Waals surface area contributed by atoms with Crippen LogP contribution < -0.4 is 5.32 Å². The topological polar surface area (TPSA) is 43.4 Å². The zero-order chi connectivity index (χ0) is 12.3. The Kier molecular flexibility index (Phi) is 7.20. The third kappa shape index (κ3) is 4.30. The zero-order valence-electron chi connectivity index (χ0n) is 11.4. The lowest BCUT2D eigenvalue weighted by Crippen LogP contribution is -2.45. The summed E-state index contributed by atoms with van der Waals surface area (Å²) >= 11 is 0. The number of nitrogens with one attached hydrogen (secondary N) is 1. The van der Waals surface area contributed by atoms with E-state index in [-0.39, 0.29) is 36.5 Å². The minimum atomic E-state index is 0. The van der Waals surface area contributed by atoms with Gasteiger partial charge in [-0.25, -0.2) is 0 Å². The molecule has 0 saturated carbocycles. The number of rotatable bonds is 3. The molecule has 2 fully saturated rings. The predicted molar refractivity (Wildman–Crippen MR) is 82.7 cm³/mol. The molecule has 1 spiro atoms. The summed E-state index contributed by atoms with van der Waals surface area (Å²) in [4.78, 5) is 4.00. The second-order valence-electron chi connectivity index (χ2n) is 5.27. The van der Waals surface area contributed by atoms with Gasteiger partial charge in [-0.3, -0.25) is 4.98 Å².